The van der Waals surface area contributed by atoms with Crippen LogP contribution in [0.25, 0.3) is 0 Å². The van der Waals surface area contributed by atoms with Gasteiger partial charge in [0.25, 0.3) is 0 Å². The van der Waals surface area contributed by atoms with Gasteiger partial charge >= 0.3 is 0 Å². The van der Waals surface area contributed by atoms with Gasteiger partial charge in [-0.25, -0.2) is 0 Å². The van der Waals surface area contributed by atoms with Gasteiger partial charge in [0.15, 0.2) is 0 Å². The highest BCUT2D eigenvalue weighted by Crippen LogP contribution is 2.25. The van der Waals surface area contributed by atoms with Gasteiger partial charge in [-0.05, 0) is 51.7 Å². The van der Waals surface area contributed by atoms with Gasteiger partial charge < -0.3 is 20.3 Å². The van der Waals surface area contributed by atoms with E-state index in [1.807, 2.05) is 9.80 Å². The van der Waals surface area contributed by atoms with E-state index < -0.39 is 0 Å². The molecule has 0 aromatic heterocycles. The third kappa shape index (κ3) is 5.21. The summed E-state index contributed by atoms with van der Waals surface area (Å²) >= 11 is 0. The highest BCUT2D eigenvalue weighted by atomic mass is 16.5. The minimum atomic E-state index is -0.163. The molecule has 7 heteroatoms. The Labute approximate surface area is 163 Å². The van der Waals surface area contributed by atoms with E-state index in [1.54, 1.807) is 0 Å². The minimum absolute atomic E-state index is 0.149. The number of nitrogens with two attached hydrogens (primary N) is 1. The van der Waals surface area contributed by atoms with Crippen molar-refractivity contribution in [3.63, 3.8) is 0 Å². The van der Waals surface area contributed by atoms with Crippen LogP contribution in [-0.4, -0.2) is 91.1 Å². The van der Waals surface area contributed by atoms with Crippen molar-refractivity contribution in [2.75, 3.05) is 52.4 Å². The van der Waals surface area contributed by atoms with Gasteiger partial charge in [-0.15, -0.1) is 0 Å². The van der Waals surface area contributed by atoms with E-state index in [2.05, 4.69) is 11.8 Å². The van der Waals surface area contributed by atoms with E-state index in [0.29, 0.717) is 32.2 Å². The maximum atomic E-state index is 12.9. The Kier molecular flexibility index (Phi) is 7.49. The van der Waals surface area contributed by atoms with E-state index in [4.69, 9.17) is 10.5 Å². The molecule has 0 aromatic carbocycles. The van der Waals surface area contributed by atoms with Crippen LogP contribution in [0.1, 0.15) is 45.4 Å². The van der Waals surface area contributed by atoms with Gasteiger partial charge in [0, 0.05) is 45.2 Å². The average Bonchev–Trinajstić information content (AvgIpc) is 3.29. The van der Waals surface area contributed by atoms with Crippen LogP contribution in [0.4, 0.5) is 0 Å². The summed E-state index contributed by atoms with van der Waals surface area (Å²) in [4.78, 5) is 31.7. The predicted octanol–water partition coefficient (Wildman–Crippen LogP) is 0.676. The summed E-state index contributed by atoms with van der Waals surface area (Å²) in [5.41, 5.74) is 5.50. The van der Waals surface area contributed by atoms with Crippen molar-refractivity contribution >= 4 is 11.8 Å². The molecule has 0 radical (unpaired) electrons. The fourth-order valence-corrected chi connectivity index (χ4v) is 4.72. The van der Waals surface area contributed by atoms with Crippen molar-refractivity contribution in [1.82, 2.24) is 14.7 Å². The van der Waals surface area contributed by atoms with Crippen molar-refractivity contribution in [2.24, 2.45) is 11.7 Å². The zero-order valence-electron chi connectivity index (χ0n) is 16.8. The number of amides is 2. The lowest BCUT2D eigenvalue weighted by Crippen LogP contribution is -2.45. The highest BCUT2D eigenvalue weighted by molar-refractivity contribution is 5.89. The number of rotatable bonds is 8. The lowest BCUT2D eigenvalue weighted by atomic mass is 10.0. The summed E-state index contributed by atoms with van der Waals surface area (Å²) < 4.78 is 5.82. The van der Waals surface area contributed by atoms with Crippen molar-refractivity contribution in [3.05, 3.63) is 0 Å². The van der Waals surface area contributed by atoms with Crippen LogP contribution >= 0.6 is 0 Å². The number of hydrogen-bond donors (Lipinski definition) is 1. The average molecular weight is 381 g/mol. The monoisotopic (exact) mass is 380 g/mol. The van der Waals surface area contributed by atoms with E-state index in [1.165, 1.54) is 6.42 Å². The maximum Gasteiger partial charge on any atom is 0.227 e. The Bertz CT molecular complexity index is 507. The van der Waals surface area contributed by atoms with Crippen LogP contribution in [0, 0.1) is 5.92 Å². The van der Waals surface area contributed by atoms with Gasteiger partial charge in [-0.1, -0.05) is 6.92 Å². The van der Waals surface area contributed by atoms with Gasteiger partial charge in [-0.3, -0.25) is 14.5 Å². The number of nitrogens with zero attached hydrogens (tertiary/aromatic N) is 3. The molecule has 2 amide bonds. The Balaban J connectivity index is 1.44. The fraction of sp³-hybridized carbons (Fsp3) is 0.900. The molecule has 3 saturated heterocycles. The van der Waals surface area contributed by atoms with Crippen LogP contribution in [0.3, 0.4) is 0 Å². The lowest BCUT2D eigenvalue weighted by molar-refractivity contribution is -0.138. The summed E-state index contributed by atoms with van der Waals surface area (Å²) in [6.07, 6.45) is 5.65. The second kappa shape index (κ2) is 9.85. The SMILES string of the molecule is CCN1CCCC1CN1CC(C(=O)N2CCC(OCCCN)CC2)CC1=O. The molecule has 2 atom stereocenters. The first-order valence-corrected chi connectivity index (χ1v) is 10.7. The number of ether oxygens (including phenoxy) is 1. The molecular formula is C20H36N4O3. The molecule has 2 unspecified atom stereocenters. The second-order valence-electron chi connectivity index (χ2n) is 8.16. The molecular weight excluding hydrogens is 344 g/mol. The van der Waals surface area contributed by atoms with Gasteiger partial charge in [0.2, 0.25) is 11.8 Å². The third-order valence-corrected chi connectivity index (χ3v) is 6.36. The number of carbonyl (C=O) groups excluding carboxylic acids is 2. The zero-order valence-corrected chi connectivity index (χ0v) is 16.8. The van der Waals surface area contributed by atoms with Gasteiger partial charge in [0.1, 0.15) is 0 Å². The Morgan fingerprint density at radius 1 is 1.22 bits per heavy atom. The normalized spacial score (nSPS) is 27.7. The topological polar surface area (TPSA) is 79.1 Å². The van der Waals surface area contributed by atoms with E-state index in [-0.39, 0.29) is 23.8 Å². The lowest BCUT2D eigenvalue weighted by Gasteiger charge is -2.33. The molecule has 3 aliphatic heterocycles. The predicted molar refractivity (Wildman–Crippen MR) is 104 cm³/mol. The molecule has 154 valence electrons. The van der Waals surface area contributed by atoms with Gasteiger partial charge in [-0.2, -0.15) is 0 Å². The summed E-state index contributed by atoms with van der Waals surface area (Å²) in [7, 11) is 0. The minimum Gasteiger partial charge on any atom is -0.378 e. The van der Waals surface area contributed by atoms with Crippen molar-refractivity contribution in [1.29, 1.82) is 0 Å². The molecule has 0 bridgehead atoms. The van der Waals surface area contributed by atoms with Crippen molar-refractivity contribution in [2.45, 2.75) is 57.6 Å². The molecule has 3 rings (SSSR count). The molecule has 3 aliphatic rings. The fourth-order valence-electron chi connectivity index (χ4n) is 4.72. The molecule has 0 spiro atoms. The number of carbonyl (C=O) groups is 2. The first-order chi connectivity index (χ1) is 13.1. The molecule has 7 nitrogen and oxygen atoms in total. The van der Waals surface area contributed by atoms with Crippen LogP contribution in [0.5, 0.6) is 0 Å². The maximum absolute atomic E-state index is 12.9. The smallest absolute Gasteiger partial charge is 0.227 e. The first kappa shape index (κ1) is 20.6. The van der Waals surface area contributed by atoms with Crippen molar-refractivity contribution in [3.8, 4) is 0 Å². The Morgan fingerprint density at radius 3 is 2.70 bits per heavy atom. The zero-order chi connectivity index (χ0) is 19.2. The van der Waals surface area contributed by atoms with Gasteiger partial charge in [0.05, 0.1) is 12.0 Å². The first-order valence-electron chi connectivity index (χ1n) is 10.7. The van der Waals surface area contributed by atoms with Crippen LogP contribution < -0.4 is 5.73 Å². The highest BCUT2D eigenvalue weighted by Gasteiger charge is 2.39. The summed E-state index contributed by atoms with van der Waals surface area (Å²) in [5, 5.41) is 0. The van der Waals surface area contributed by atoms with Crippen LogP contribution in [-0.2, 0) is 14.3 Å². The molecule has 2 N–H and O–H groups in total. The standard InChI is InChI=1S/C20H36N4O3/c1-2-22-9-3-5-17(22)15-24-14-16(13-19(24)25)20(26)23-10-6-18(7-11-23)27-12-4-8-21/h16-18H,2-15,21H2,1H3. The summed E-state index contributed by atoms with van der Waals surface area (Å²) in [5.74, 6) is 0.144. The number of likely N-dealkylation sites (tertiary alicyclic amines) is 3. The van der Waals surface area contributed by atoms with Crippen molar-refractivity contribution < 1.29 is 14.3 Å². The molecule has 0 aliphatic carbocycles. The van der Waals surface area contributed by atoms with Crippen LogP contribution in [0.15, 0.2) is 0 Å². The van der Waals surface area contributed by atoms with E-state index in [0.717, 1.165) is 58.4 Å². The quantitative estimate of drug-likeness (QED) is 0.627. The van der Waals surface area contributed by atoms with E-state index in [9.17, 15) is 9.59 Å². The largest absolute Gasteiger partial charge is 0.378 e. The molecule has 3 fully saturated rings. The molecule has 0 saturated carbocycles. The van der Waals surface area contributed by atoms with E-state index >= 15 is 0 Å². The second-order valence-corrected chi connectivity index (χ2v) is 8.16. The summed E-state index contributed by atoms with van der Waals surface area (Å²) in [6, 6.07) is 0.467. The molecule has 3 heterocycles. The summed E-state index contributed by atoms with van der Waals surface area (Å²) in [6.45, 7) is 8.57. The molecule has 27 heavy (non-hydrogen) atoms. The molecule has 0 aromatic rings. The number of likely N-dealkylation sites (N-methyl/N-ethyl adjacent to an activating group) is 1. The number of hydrogen-bond acceptors (Lipinski definition) is 5. The van der Waals surface area contributed by atoms with Crippen LogP contribution in [0.2, 0.25) is 0 Å². The Hall–Kier alpha value is -1.18. The Morgan fingerprint density at radius 2 is 2.00 bits per heavy atom. The third-order valence-electron chi connectivity index (χ3n) is 6.36. The number of piperidine rings is 1.